The summed E-state index contributed by atoms with van der Waals surface area (Å²) < 4.78 is 27.4. The fraction of sp³-hybridized carbons (Fsp3) is 0.600. The molecule has 116 valence electrons. The summed E-state index contributed by atoms with van der Waals surface area (Å²) in [4.78, 5) is 2.66. The Morgan fingerprint density at radius 3 is 2.52 bits per heavy atom. The second-order valence-corrected chi connectivity index (χ2v) is 8.12. The predicted octanol–water partition coefficient (Wildman–Crippen LogP) is 1.37. The highest BCUT2D eigenvalue weighted by Gasteiger charge is 2.34. The number of piperazine rings is 1. The van der Waals surface area contributed by atoms with Crippen molar-refractivity contribution in [3.63, 3.8) is 0 Å². The Labute approximate surface area is 127 Å². The minimum atomic E-state index is -3.39. The van der Waals surface area contributed by atoms with Crippen LogP contribution in [0.25, 0.3) is 0 Å². The second kappa shape index (κ2) is 5.26. The molecule has 0 aliphatic carbocycles. The lowest BCUT2D eigenvalue weighted by molar-refractivity contribution is 0.105. The smallest absolute Gasteiger partial charge is 0.243 e. The molecule has 1 aromatic carbocycles. The number of fused-ring (bicyclic) bond motifs is 1. The molecule has 2 aliphatic heterocycles. The molecule has 0 spiro atoms. The van der Waals surface area contributed by atoms with Gasteiger partial charge in [0.1, 0.15) is 0 Å². The zero-order valence-corrected chi connectivity index (χ0v) is 13.7. The van der Waals surface area contributed by atoms with Crippen molar-refractivity contribution in [2.45, 2.75) is 37.2 Å². The topological polar surface area (TPSA) is 52.7 Å². The maximum atomic E-state index is 12.9. The predicted molar refractivity (Wildman–Crippen MR) is 84.1 cm³/mol. The Morgan fingerprint density at radius 1 is 1.19 bits per heavy atom. The van der Waals surface area contributed by atoms with E-state index in [1.165, 1.54) is 0 Å². The van der Waals surface area contributed by atoms with Crippen molar-refractivity contribution >= 4 is 15.7 Å². The first-order valence-electron chi connectivity index (χ1n) is 7.48. The fourth-order valence-electron chi connectivity index (χ4n) is 3.14. The summed E-state index contributed by atoms with van der Waals surface area (Å²) in [5.41, 5.74) is 2.17. The summed E-state index contributed by atoms with van der Waals surface area (Å²) in [7, 11) is -1.34. The van der Waals surface area contributed by atoms with Crippen molar-refractivity contribution < 1.29 is 8.42 Å². The van der Waals surface area contributed by atoms with Gasteiger partial charge in [0.15, 0.2) is 0 Å². The van der Waals surface area contributed by atoms with E-state index in [-0.39, 0.29) is 12.1 Å². The molecular weight excluding hydrogens is 286 g/mol. The van der Waals surface area contributed by atoms with Gasteiger partial charge in [0.05, 0.1) is 4.90 Å². The van der Waals surface area contributed by atoms with Gasteiger partial charge in [0.2, 0.25) is 10.0 Å². The van der Waals surface area contributed by atoms with Gasteiger partial charge >= 0.3 is 0 Å². The molecule has 0 bridgehead atoms. The molecule has 1 aromatic rings. The van der Waals surface area contributed by atoms with Crippen LogP contribution in [0.4, 0.5) is 5.69 Å². The number of anilines is 1. The van der Waals surface area contributed by atoms with Crippen LogP contribution in [0.3, 0.4) is 0 Å². The van der Waals surface area contributed by atoms with Gasteiger partial charge in [-0.3, -0.25) is 4.90 Å². The van der Waals surface area contributed by atoms with Crippen LogP contribution >= 0.6 is 0 Å². The summed E-state index contributed by atoms with van der Waals surface area (Å²) in [6.07, 6.45) is 0.897. The van der Waals surface area contributed by atoms with Gasteiger partial charge in [0, 0.05) is 37.4 Å². The first-order valence-corrected chi connectivity index (χ1v) is 8.92. The van der Waals surface area contributed by atoms with Gasteiger partial charge in [-0.15, -0.1) is 0 Å². The Bertz CT molecular complexity index is 632. The zero-order chi connectivity index (χ0) is 15.2. The van der Waals surface area contributed by atoms with Crippen molar-refractivity contribution in [3.8, 4) is 0 Å². The monoisotopic (exact) mass is 309 g/mol. The van der Waals surface area contributed by atoms with Crippen LogP contribution in [0.2, 0.25) is 0 Å². The van der Waals surface area contributed by atoms with E-state index in [2.05, 4.69) is 31.1 Å². The molecule has 0 amide bonds. The van der Waals surface area contributed by atoms with Crippen LogP contribution in [-0.2, 0) is 16.4 Å². The van der Waals surface area contributed by atoms with E-state index in [9.17, 15) is 8.42 Å². The lowest BCUT2D eigenvalue weighted by Crippen LogP contribution is -2.56. The molecule has 3 rings (SSSR count). The van der Waals surface area contributed by atoms with Crippen LogP contribution < -0.4 is 5.32 Å². The standard InChI is InChI=1S/C15H23N3O2S/c1-11-9-18(10-12(2)17(11)3)21(19,20)14-4-5-15-13(8-14)6-7-16-15/h4-5,8,11-12,16H,6-7,9-10H2,1-3H3. The van der Waals surface area contributed by atoms with E-state index in [1.807, 2.05) is 12.1 Å². The van der Waals surface area contributed by atoms with E-state index in [1.54, 1.807) is 10.4 Å². The lowest BCUT2D eigenvalue weighted by Gasteiger charge is -2.41. The highest BCUT2D eigenvalue weighted by Crippen LogP contribution is 2.28. The molecule has 1 saturated heterocycles. The third-order valence-corrected chi connectivity index (χ3v) is 6.58. The van der Waals surface area contributed by atoms with Gasteiger partial charge in [0.25, 0.3) is 0 Å². The molecule has 1 N–H and O–H groups in total. The molecule has 0 radical (unpaired) electrons. The van der Waals surface area contributed by atoms with Gasteiger partial charge in [-0.25, -0.2) is 8.42 Å². The Morgan fingerprint density at radius 2 is 1.86 bits per heavy atom. The normalized spacial score (nSPS) is 27.4. The van der Waals surface area contributed by atoms with Crippen molar-refractivity contribution in [2.75, 3.05) is 32.0 Å². The van der Waals surface area contributed by atoms with E-state index in [0.29, 0.717) is 18.0 Å². The van der Waals surface area contributed by atoms with Crippen molar-refractivity contribution in [2.24, 2.45) is 0 Å². The van der Waals surface area contributed by atoms with Crippen LogP contribution in [0.5, 0.6) is 0 Å². The maximum Gasteiger partial charge on any atom is 0.243 e. The average molecular weight is 309 g/mol. The average Bonchev–Trinajstić information content (AvgIpc) is 2.91. The number of rotatable bonds is 2. The first kappa shape index (κ1) is 14.8. The Hall–Kier alpha value is -1.11. The molecule has 21 heavy (non-hydrogen) atoms. The zero-order valence-electron chi connectivity index (χ0n) is 12.8. The summed E-state index contributed by atoms with van der Waals surface area (Å²) in [6, 6.07) is 5.91. The number of likely N-dealkylation sites (N-methyl/N-ethyl adjacent to an activating group) is 1. The van der Waals surface area contributed by atoms with Gasteiger partial charge in [-0.2, -0.15) is 4.31 Å². The Balaban J connectivity index is 1.90. The number of hydrogen-bond acceptors (Lipinski definition) is 4. The third kappa shape index (κ3) is 2.56. The summed E-state index contributed by atoms with van der Waals surface area (Å²) >= 11 is 0. The first-order chi connectivity index (χ1) is 9.89. The quantitative estimate of drug-likeness (QED) is 0.896. The number of nitrogens with zero attached hydrogens (tertiary/aromatic N) is 2. The highest BCUT2D eigenvalue weighted by atomic mass is 32.2. The molecule has 2 unspecified atom stereocenters. The molecule has 2 atom stereocenters. The van der Waals surface area contributed by atoms with E-state index >= 15 is 0 Å². The number of benzene rings is 1. The third-order valence-electron chi connectivity index (χ3n) is 4.75. The maximum absolute atomic E-state index is 12.9. The highest BCUT2D eigenvalue weighted by molar-refractivity contribution is 7.89. The molecule has 1 fully saturated rings. The molecule has 2 heterocycles. The van der Waals surface area contributed by atoms with E-state index < -0.39 is 10.0 Å². The van der Waals surface area contributed by atoms with Crippen LogP contribution in [0, 0.1) is 0 Å². The van der Waals surface area contributed by atoms with Crippen molar-refractivity contribution in [1.29, 1.82) is 0 Å². The van der Waals surface area contributed by atoms with Crippen LogP contribution in [0.15, 0.2) is 23.1 Å². The Kier molecular flexibility index (Phi) is 3.71. The number of sulfonamides is 1. The van der Waals surface area contributed by atoms with Crippen molar-refractivity contribution in [3.05, 3.63) is 23.8 Å². The molecule has 0 saturated carbocycles. The number of hydrogen-bond donors (Lipinski definition) is 1. The molecule has 0 aromatic heterocycles. The summed E-state index contributed by atoms with van der Waals surface area (Å²) in [6.45, 7) is 6.15. The minimum absolute atomic E-state index is 0.236. The summed E-state index contributed by atoms with van der Waals surface area (Å²) in [5, 5.41) is 3.26. The van der Waals surface area contributed by atoms with Crippen LogP contribution in [-0.4, -0.2) is 56.4 Å². The minimum Gasteiger partial charge on any atom is -0.384 e. The largest absolute Gasteiger partial charge is 0.384 e. The van der Waals surface area contributed by atoms with Gasteiger partial charge in [-0.1, -0.05) is 0 Å². The lowest BCUT2D eigenvalue weighted by atomic mass is 10.1. The second-order valence-electron chi connectivity index (χ2n) is 6.18. The number of nitrogens with one attached hydrogen (secondary N) is 1. The van der Waals surface area contributed by atoms with Gasteiger partial charge < -0.3 is 5.32 Å². The SMILES string of the molecule is CC1CN(S(=O)(=O)c2ccc3c(c2)CCN3)CC(C)N1C. The van der Waals surface area contributed by atoms with Crippen molar-refractivity contribution in [1.82, 2.24) is 9.21 Å². The van der Waals surface area contributed by atoms with Crippen LogP contribution in [0.1, 0.15) is 19.4 Å². The summed E-state index contributed by atoms with van der Waals surface area (Å²) in [5.74, 6) is 0. The molecule has 5 nitrogen and oxygen atoms in total. The molecule has 6 heteroatoms. The van der Waals surface area contributed by atoms with E-state index in [0.717, 1.165) is 24.2 Å². The fourth-order valence-corrected chi connectivity index (χ4v) is 4.80. The molecular formula is C15H23N3O2S. The van der Waals surface area contributed by atoms with Gasteiger partial charge in [-0.05, 0) is 51.1 Å². The molecule has 2 aliphatic rings. The van der Waals surface area contributed by atoms with E-state index in [4.69, 9.17) is 0 Å².